The van der Waals surface area contributed by atoms with Gasteiger partial charge < -0.3 is 14.0 Å². The van der Waals surface area contributed by atoms with Crippen LogP contribution >= 0.6 is 0 Å². The highest BCUT2D eigenvalue weighted by Crippen LogP contribution is 2.42. The van der Waals surface area contributed by atoms with Gasteiger partial charge in [0.2, 0.25) is 5.91 Å². The lowest BCUT2D eigenvalue weighted by atomic mass is 9.71. The molecule has 2 heterocycles. The lowest BCUT2D eigenvalue weighted by Crippen LogP contribution is -2.41. The largest absolute Gasteiger partial charge is 0.463 e. The highest BCUT2D eigenvalue weighted by atomic mass is 16.7. The molecule has 22 heavy (non-hydrogen) atoms. The fourth-order valence-corrected chi connectivity index (χ4v) is 2.49. The van der Waals surface area contributed by atoms with Crippen molar-refractivity contribution in [2.75, 3.05) is 6.54 Å². The Morgan fingerprint density at radius 3 is 2.18 bits per heavy atom. The van der Waals surface area contributed by atoms with Crippen LogP contribution in [-0.4, -0.2) is 47.4 Å². The number of imide groups is 1. The summed E-state index contributed by atoms with van der Waals surface area (Å²) in [4.78, 5) is 25.3. The Morgan fingerprint density at radius 1 is 1.23 bits per heavy atom. The van der Waals surface area contributed by atoms with E-state index in [0.29, 0.717) is 0 Å². The molecule has 0 aromatic rings. The van der Waals surface area contributed by atoms with Gasteiger partial charge in [-0.1, -0.05) is 0 Å². The van der Waals surface area contributed by atoms with Crippen molar-refractivity contribution in [3.8, 4) is 0 Å². The summed E-state index contributed by atoms with van der Waals surface area (Å²) in [5, 5.41) is 0. The second kappa shape index (κ2) is 5.23. The number of nitrogens with zero attached hydrogens (tertiary/aromatic N) is 1. The van der Waals surface area contributed by atoms with Gasteiger partial charge in [-0.05, 0) is 48.5 Å². The average Bonchev–Trinajstić information content (AvgIpc) is 2.75. The highest BCUT2D eigenvalue weighted by molar-refractivity contribution is 6.48. The van der Waals surface area contributed by atoms with Crippen molar-refractivity contribution in [2.45, 2.75) is 77.5 Å². The van der Waals surface area contributed by atoms with Crippen LogP contribution in [0.5, 0.6) is 0 Å². The Kier molecular flexibility index (Phi) is 4.11. The maximum absolute atomic E-state index is 12.1. The SMILES string of the molecule is CC(C)(C)OC(=O)N1CC(B2OC(C)(C)C(C)(C)O2)CC1=O. The van der Waals surface area contributed by atoms with E-state index in [4.69, 9.17) is 14.0 Å². The molecular formula is C15H26BNO5. The first-order chi connectivity index (χ1) is 9.82. The van der Waals surface area contributed by atoms with Gasteiger partial charge in [0, 0.05) is 18.8 Å². The van der Waals surface area contributed by atoms with E-state index in [2.05, 4.69) is 0 Å². The zero-order valence-corrected chi connectivity index (χ0v) is 14.6. The molecule has 7 heteroatoms. The Labute approximate surface area is 132 Å². The molecule has 1 atom stereocenters. The van der Waals surface area contributed by atoms with Crippen LogP contribution in [0.25, 0.3) is 0 Å². The molecular weight excluding hydrogens is 285 g/mol. The van der Waals surface area contributed by atoms with Crippen LogP contribution in [0.4, 0.5) is 4.79 Å². The maximum Gasteiger partial charge on any atom is 0.463 e. The molecule has 2 fully saturated rings. The zero-order valence-electron chi connectivity index (χ0n) is 14.6. The third-order valence-electron chi connectivity index (χ3n) is 4.43. The van der Waals surface area contributed by atoms with Crippen LogP contribution in [-0.2, 0) is 18.8 Å². The highest BCUT2D eigenvalue weighted by Gasteiger charge is 2.56. The molecule has 2 aliphatic heterocycles. The van der Waals surface area contributed by atoms with Crippen molar-refractivity contribution in [2.24, 2.45) is 0 Å². The number of ether oxygens (including phenoxy) is 1. The minimum atomic E-state index is -0.625. The van der Waals surface area contributed by atoms with Crippen molar-refractivity contribution in [3.05, 3.63) is 0 Å². The Morgan fingerprint density at radius 2 is 1.73 bits per heavy atom. The number of hydrogen-bond donors (Lipinski definition) is 0. The second-order valence-corrected chi connectivity index (χ2v) is 8.07. The molecule has 0 aliphatic carbocycles. The summed E-state index contributed by atoms with van der Waals surface area (Å²) in [6.07, 6.45) is -0.368. The standard InChI is InChI=1S/C15H26BNO5/c1-13(2,3)20-12(19)17-9-10(8-11(17)18)16-21-14(4,5)15(6,7)22-16/h10H,8-9H2,1-7H3. The summed E-state index contributed by atoms with van der Waals surface area (Å²) in [6, 6.07) is 0. The van der Waals surface area contributed by atoms with Crippen LogP contribution in [0.3, 0.4) is 0 Å². The molecule has 1 unspecified atom stereocenters. The molecule has 0 N–H and O–H groups in total. The molecule has 2 rings (SSSR count). The summed E-state index contributed by atoms with van der Waals surface area (Å²) in [5.41, 5.74) is -1.51. The first-order valence-electron chi connectivity index (χ1n) is 7.71. The van der Waals surface area contributed by atoms with Gasteiger partial charge in [-0.2, -0.15) is 0 Å². The van der Waals surface area contributed by atoms with Gasteiger partial charge in [0.15, 0.2) is 0 Å². The predicted molar refractivity (Wildman–Crippen MR) is 82.4 cm³/mol. The van der Waals surface area contributed by atoms with Crippen molar-refractivity contribution < 1.29 is 23.6 Å². The Hall–Kier alpha value is -1.08. The van der Waals surface area contributed by atoms with Gasteiger partial charge in [0.05, 0.1) is 11.2 Å². The smallest absolute Gasteiger partial charge is 0.443 e. The average molecular weight is 311 g/mol. The Bertz CT molecular complexity index is 467. The Balaban J connectivity index is 2.03. The number of carbonyl (C=O) groups excluding carboxylic acids is 2. The monoisotopic (exact) mass is 311 g/mol. The van der Waals surface area contributed by atoms with E-state index in [1.165, 1.54) is 0 Å². The molecule has 2 saturated heterocycles. The van der Waals surface area contributed by atoms with Crippen LogP contribution in [0.1, 0.15) is 54.9 Å². The van der Waals surface area contributed by atoms with Crippen LogP contribution < -0.4 is 0 Å². The summed E-state index contributed by atoms with van der Waals surface area (Å²) in [6.45, 7) is 13.5. The van der Waals surface area contributed by atoms with E-state index >= 15 is 0 Å². The van der Waals surface area contributed by atoms with E-state index in [1.807, 2.05) is 27.7 Å². The quantitative estimate of drug-likeness (QED) is 0.697. The van der Waals surface area contributed by atoms with Crippen molar-refractivity contribution in [3.63, 3.8) is 0 Å². The number of amides is 2. The van der Waals surface area contributed by atoms with Gasteiger partial charge >= 0.3 is 13.2 Å². The molecule has 0 aromatic carbocycles. The van der Waals surface area contributed by atoms with E-state index in [1.54, 1.807) is 20.8 Å². The molecule has 2 amide bonds. The topological polar surface area (TPSA) is 65.1 Å². The van der Waals surface area contributed by atoms with E-state index in [-0.39, 0.29) is 24.7 Å². The number of rotatable bonds is 1. The van der Waals surface area contributed by atoms with Gasteiger partial charge in [0.25, 0.3) is 0 Å². The summed E-state index contributed by atoms with van der Waals surface area (Å²) in [7, 11) is -0.485. The molecule has 124 valence electrons. The van der Waals surface area contributed by atoms with Gasteiger partial charge in [-0.15, -0.1) is 0 Å². The normalized spacial score (nSPS) is 27.4. The molecule has 0 spiro atoms. The number of carbonyl (C=O) groups is 2. The lowest BCUT2D eigenvalue weighted by Gasteiger charge is -2.32. The van der Waals surface area contributed by atoms with Crippen LogP contribution in [0.15, 0.2) is 0 Å². The summed E-state index contributed by atoms with van der Waals surface area (Å²) < 4.78 is 17.2. The third kappa shape index (κ3) is 3.30. The molecule has 6 nitrogen and oxygen atoms in total. The fourth-order valence-electron chi connectivity index (χ4n) is 2.49. The number of likely N-dealkylation sites (tertiary alicyclic amines) is 1. The van der Waals surface area contributed by atoms with Gasteiger partial charge in [-0.25, -0.2) is 9.69 Å². The predicted octanol–water partition coefficient (Wildman–Crippen LogP) is 2.62. The molecule has 0 bridgehead atoms. The molecule has 0 radical (unpaired) electrons. The first kappa shape index (κ1) is 17.3. The fraction of sp³-hybridized carbons (Fsp3) is 0.867. The van der Waals surface area contributed by atoms with Crippen LogP contribution in [0, 0.1) is 0 Å². The first-order valence-corrected chi connectivity index (χ1v) is 7.71. The van der Waals surface area contributed by atoms with E-state index < -0.39 is 30.0 Å². The summed E-state index contributed by atoms with van der Waals surface area (Å²) in [5.74, 6) is -0.407. The summed E-state index contributed by atoms with van der Waals surface area (Å²) >= 11 is 0. The maximum atomic E-state index is 12.1. The van der Waals surface area contributed by atoms with E-state index in [9.17, 15) is 9.59 Å². The third-order valence-corrected chi connectivity index (χ3v) is 4.43. The zero-order chi connectivity index (χ0) is 16.9. The van der Waals surface area contributed by atoms with E-state index in [0.717, 1.165) is 4.90 Å². The minimum absolute atomic E-state index is 0.166. The van der Waals surface area contributed by atoms with Crippen molar-refractivity contribution in [1.29, 1.82) is 0 Å². The molecule has 2 aliphatic rings. The molecule has 0 saturated carbocycles. The number of hydrogen-bond acceptors (Lipinski definition) is 5. The van der Waals surface area contributed by atoms with Crippen LogP contribution in [0.2, 0.25) is 5.82 Å². The molecule has 0 aromatic heterocycles. The van der Waals surface area contributed by atoms with Gasteiger partial charge in [0.1, 0.15) is 5.60 Å². The van der Waals surface area contributed by atoms with Crippen molar-refractivity contribution in [1.82, 2.24) is 4.90 Å². The lowest BCUT2D eigenvalue weighted by molar-refractivity contribution is -0.126. The van der Waals surface area contributed by atoms with Gasteiger partial charge in [-0.3, -0.25) is 4.79 Å². The minimum Gasteiger partial charge on any atom is -0.443 e. The van der Waals surface area contributed by atoms with Crippen molar-refractivity contribution >= 4 is 19.1 Å². The second-order valence-electron chi connectivity index (χ2n) is 8.07.